The zero-order chi connectivity index (χ0) is 15.1. The summed E-state index contributed by atoms with van der Waals surface area (Å²) in [5, 5.41) is 2.93. The molecule has 1 aromatic carbocycles. The molecule has 1 aliphatic rings. The van der Waals surface area contributed by atoms with Crippen LogP contribution in [0.5, 0.6) is 0 Å². The standard InChI is InChI=1S/C13H18N2O.C3H9N/c1-14(2)13(16)12-8-10-6-4-5-7-11(10)9-15(12)3;1-3-4-2/h4-7,12H,8-9H2,1-3H3;4H,3H2,1-2H3. The number of hydrogen-bond acceptors (Lipinski definition) is 3. The largest absolute Gasteiger partial charge is 0.347 e. The molecule has 1 N–H and O–H groups in total. The second kappa shape index (κ2) is 8.02. The molecule has 0 aliphatic carbocycles. The molecule has 4 nitrogen and oxygen atoms in total. The molecule has 0 saturated heterocycles. The average Bonchev–Trinajstić information content (AvgIpc) is 2.46. The number of fused-ring (bicyclic) bond motifs is 1. The number of carbonyl (C=O) groups is 1. The maximum absolute atomic E-state index is 12.0. The van der Waals surface area contributed by atoms with Gasteiger partial charge in [-0.2, -0.15) is 0 Å². The second-order valence-electron chi connectivity index (χ2n) is 5.34. The van der Waals surface area contributed by atoms with E-state index in [-0.39, 0.29) is 11.9 Å². The fraction of sp³-hybridized carbons (Fsp3) is 0.562. The molecule has 112 valence electrons. The van der Waals surface area contributed by atoms with E-state index in [1.807, 2.05) is 34.3 Å². The minimum absolute atomic E-state index is 0.00935. The van der Waals surface area contributed by atoms with E-state index in [2.05, 4.69) is 35.3 Å². The molecule has 1 unspecified atom stereocenters. The van der Waals surface area contributed by atoms with Gasteiger partial charge in [0.15, 0.2) is 0 Å². The molecule has 0 bridgehead atoms. The highest BCUT2D eigenvalue weighted by Crippen LogP contribution is 2.22. The number of nitrogens with zero attached hydrogens (tertiary/aromatic N) is 2. The van der Waals surface area contributed by atoms with E-state index in [0.29, 0.717) is 0 Å². The third-order valence-corrected chi connectivity index (χ3v) is 3.56. The van der Waals surface area contributed by atoms with Gasteiger partial charge in [-0.1, -0.05) is 31.2 Å². The van der Waals surface area contributed by atoms with Gasteiger partial charge in [0.2, 0.25) is 5.91 Å². The van der Waals surface area contributed by atoms with Crippen LogP contribution in [0.25, 0.3) is 0 Å². The van der Waals surface area contributed by atoms with Crippen molar-refractivity contribution in [3.05, 3.63) is 35.4 Å². The van der Waals surface area contributed by atoms with Gasteiger partial charge in [0.05, 0.1) is 6.04 Å². The first-order valence-corrected chi connectivity index (χ1v) is 7.14. The lowest BCUT2D eigenvalue weighted by molar-refractivity contribution is -0.134. The van der Waals surface area contributed by atoms with Crippen molar-refractivity contribution in [2.24, 2.45) is 0 Å². The van der Waals surface area contributed by atoms with Crippen molar-refractivity contribution in [2.45, 2.75) is 25.9 Å². The highest BCUT2D eigenvalue weighted by Gasteiger charge is 2.29. The van der Waals surface area contributed by atoms with Crippen LogP contribution in [0.4, 0.5) is 0 Å². The fourth-order valence-electron chi connectivity index (χ4n) is 2.23. The predicted octanol–water partition coefficient (Wildman–Crippen LogP) is 1.36. The van der Waals surface area contributed by atoms with Gasteiger partial charge in [-0.05, 0) is 38.2 Å². The summed E-state index contributed by atoms with van der Waals surface area (Å²) in [6.07, 6.45) is 0.823. The van der Waals surface area contributed by atoms with Crippen molar-refractivity contribution in [1.82, 2.24) is 15.1 Å². The Hall–Kier alpha value is -1.39. The van der Waals surface area contributed by atoms with Crippen LogP contribution in [0.1, 0.15) is 18.1 Å². The summed E-state index contributed by atoms with van der Waals surface area (Å²) < 4.78 is 0. The summed E-state index contributed by atoms with van der Waals surface area (Å²) >= 11 is 0. The highest BCUT2D eigenvalue weighted by atomic mass is 16.2. The van der Waals surface area contributed by atoms with Gasteiger partial charge in [-0.25, -0.2) is 0 Å². The average molecular weight is 277 g/mol. The molecule has 1 heterocycles. The third-order valence-electron chi connectivity index (χ3n) is 3.56. The van der Waals surface area contributed by atoms with Crippen LogP contribution in [-0.4, -0.2) is 56.5 Å². The van der Waals surface area contributed by atoms with Crippen LogP contribution in [-0.2, 0) is 17.8 Å². The van der Waals surface area contributed by atoms with Crippen molar-refractivity contribution in [3.63, 3.8) is 0 Å². The molecular weight excluding hydrogens is 250 g/mol. The lowest BCUT2D eigenvalue weighted by Gasteiger charge is -2.34. The number of nitrogens with one attached hydrogen (secondary N) is 1. The molecule has 20 heavy (non-hydrogen) atoms. The molecule has 0 fully saturated rings. The first kappa shape index (κ1) is 16.7. The first-order valence-electron chi connectivity index (χ1n) is 7.14. The number of likely N-dealkylation sites (N-methyl/N-ethyl adjacent to an activating group) is 2. The van der Waals surface area contributed by atoms with Crippen LogP contribution in [0.3, 0.4) is 0 Å². The molecule has 0 saturated carbocycles. The maximum Gasteiger partial charge on any atom is 0.239 e. The van der Waals surface area contributed by atoms with E-state index in [9.17, 15) is 4.79 Å². The van der Waals surface area contributed by atoms with E-state index < -0.39 is 0 Å². The molecule has 0 radical (unpaired) electrons. The Balaban J connectivity index is 0.000000444. The Bertz CT molecular complexity index is 429. The van der Waals surface area contributed by atoms with E-state index in [0.717, 1.165) is 19.5 Å². The fourth-order valence-corrected chi connectivity index (χ4v) is 2.23. The van der Waals surface area contributed by atoms with Gasteiger partial charge in [-0.3, -0.25) is 9.69 Å². The summed E-state index contributed by atoms with van der Waals surface area (Å²) in [5.41, 5.74) is 2.65. The third kappa shape index (κ3) is 4.32. The number of hydrogen-bond donors (Lipinski definition) is 1. The lowest BCUT2D eigenvalue weighted by Crippen LogP contribution is -2.48. The Kier molecular flexibility index (Phi) is 6.68. The monoisotopic (exact) mass is 277 g/mol. The highest BCUT2D eigenvalue weighted by molar-refractivity contribution is 5.82. The Morgan fingerprint density at radius 1 is 1.35 bits per heavy atom. The van der Waals surface area contributed by atoms with E-state index in [4.69, 9.17) is 0 Å². The van der Waals surface area contributed by atoms with E-state index in [1.165, 1.54) is 11.1 Å². The molecule has 0 aromatic heterocycles. The van der Waals surface area contributed by atoms with Crippen molar-refractivity contribution < 1.29 is 4.79 Å². The zero-order valence-electron chi connectivity index (χ0n) is 13.3. The van der Waals surface area contributed by atoms with Crippen LogP contribution in [0, 0.1) is 0 Å². The second-order valence-corrected chi connectivity index (χ2v) is 5.34. The summed E-state index contributed by atoms with van der Waals surface area (Å²) in [6.45, 7) is 4.00. The van der Waals surface area contributed by atoms with Gasteiger partial charge < -0.3 is 10.2 Å². The van der Waals surface area contributed by atoms with Gasteiger partial charge in [-0.15, -0.1) is 0 Å². The summed E-state index contributed by atoms with van der Waals surface area (Å²) in [4.78, 5) is 15.8. The first-order chi connectivity index (χ1) is 9.51. The molecule has 1 amide bonds. The number of benzene rings is 1. The van der Waals surface area contributed by atoms with Crippen molar-refractivity contribution in [3.8, 4) is 0 Å². The Morgan fingerprint density at radius 2 is 1.90 bits per heavy atom. The van der Waals surface area contributed by atoms with Crippen molar-refractivity contribution in [2.75, 3.05) is 34.7 Å². The minimum Gasteiger partial charge on any atom is -0.347 e. The van der Waals surface area contributed by atoms with Crippen molar-refractivity contribution in [1.29, 1.82) is 0 Å². The van der Waals surface area contributed by atoms with Crippen LogP contribution >= 0.6 is 0 Å². The summed E-state index contributed by atoms with van der Waals surface area (Å²) in [5.74, 6) is 0.192. The predicted molar refractivity (Wildman–Crippen MR) is 83.7 cm³/mol. The number of rotatable bonds is 2. The van der Waals surface area contributed by atoms with Gasteiger partial charge in [0.1, 0.15) is 0 Å². The summed E-state index contributed by atoms with van der Waals surface area (Å²) in [7, 11) is 7.58. The number of amides is 1. The summed E-state index contributed by atoms with van der Waals surface area (Å²) in [6, 6.07) is 8.35. The molecule has 0 spiro atoms. The normalized spacial score (nSPS) is 17.8. The molecular formula is C16H27N3O. The van der Waals surface area contributed by atoms with Crippen LogP contribution < -0.4 is 5.32 Å². The zero-order valence-corrected chi connectivity index (χ0v) is 13.3. The molecule has 1 aliphatic heterocycles. The molecule has 2 rings (SSSR count). The SMILES string of the molecule is CCNC.CN(C)C(=O)C1Cc2ccccc2CN1C. The lowest BCUT2D eigenvalue weighted by atomic mass is 9.94. The minimum atomic E-state index is -0.00935. The van der Waals surface area contributed by atoms with Crippen molar-refractivity contribution >= 4 is 5.91 Å². The Labute approximate surface area is 122 Å². The van der Waals surface area contributed by atoms with Gasteiger partial charge in [0.25, 0.3) is 0 Å². The van der Waals surface area contributed by atoms with Crippen LogP contribution in [0.2, 0.25) is 0 Å². The van der Waals surface area contributed by atoms with Crippen LogP contribution in [0.15, 0.2) is 24.3 Å². The Morgan fingerprint density at radius 3 is 2.40 bits per heavy atom. The quantitative estimate of drug-likeness (QED) is 0.886. The molecule has 4 heteroatoms. The smallest absolute Gasteiger partial charge is 0.239 e. The van der Waals surface area contributed by atoms with E-state index in [1.54, 1.807) is 4.90 Å². The molecule has 1 atom stereocenters. The van der Waals surface area contributed by atoms with Gasteiger partial charge in [0, 0.05) is 20.6 Å². The van der Waals surface area contributed by atoms with E-state index >= 15 is 0 Å². The topological polar surface area (TPSA) is 35.6 Å². The molecule has 1 aromatic rings. The van der Waals surface area contributed by atoms with Gasteiger partial charge >= 0.3 is 0 Å². The maximum atomic E-state index is 12.0. The number of carbonyl (C=O) groups excluding carboxylic acids is 1.